The van der Waals surface area contributed by atoms with Crippen molar-refractivity contribution in [1.29, 1.82) is 0 Å². The first kappa shape index (κ1) is 21.8. The van der Waals surface area contributed by atoms with Gasteiger partial charge in [0.2, 0.25) is 5.91 Å². The minimum Gasteiger partial charge on any atom is -0.493 e. The Morgan fingerprint density at radius 1 is 1.33 bits per heavy atom. The number of benzene rings is 1. The Bertz CT molecular complexity index is 1030. The number of aromatic nitrogens is 4. The maximum Gasteiger partial charge on any atom is 0.236 e. The second kappa shape index (κ2) is 10.3. The molecule has 0 bridgehead atoms. The van der Waals surface area contributed by atoms with Gasteiger partial charge in [0.05, 0.1) is 18.6 Å². The second-order valence-corrected chi connectivity index (χ2v) is 8.17. The predicted octanol–water partition coefficient (Wildman–Crippen LogP) is 3.86. The van der Waals surface area contributed by atoms with E-state index in [0.717, 1.165) is 11.3 Å². The molecule has 3 rings (SSSR count). The maximum absolute atomic E-state index is 12.2. The number of rotatable bonds is 10. The molecule has 1 amide bonds. The van der Waals surface area contributed by atoms with E-state index in [1.165, 1.54) is 23.1 Å². The summed E-state index contributed by atoms with van der Waals surface area (Å²) in [5.41, 5.74) is 1.96. The van der Waals surface area contributed by atoms with Crippen LogP contribution in [0.3, 0.4) is 0 Å². The molecule has 0 fully saturated rings. The minimum absolute atomic E-state index is 0.148. The Balaban J connectivity index is 1.64. The molecule has 1 aromatic carbocycles. The molecule has 0 spiro atoms. The Kier molecular flexibility index (Phi) is 7.47. The second-order valence-electron chi connectivity index (χ2n) is 6.37. The van der Waals surface area contributed by atoms with Crippen LogP contribution in [0.1, 0.15) is 17.1 Å². The van der Waals surface area contributed by atoms with E-state index in [1.807, 2.05) is 42.0 Å². The van der Waals surface area contributed by atoms with Crippen molar-refractivity contribution in [3.8, 4) is 11.5 Å². The van der Waals surface area contributed by atoms with E-state index in [-0.39, 0.29) is 18.3 Å². The number of nitrogens with zero attached hydrogens (tertiary/aromatic N) is 4. The van der Waals surface area contributed by atoms with Crippen LogP contribution in [0.15, 0.2) is 41.4 Å². The molecule has 1 N–H and O–H groups in total. The van der Waals surface area contributed by atoms with Gasteiger partial charge in [-0.1, -0.05) is 23.9 Å². The number of thiazole rings is 1. The molecule has 10 heteroatoms. The molecule has 158 valence electrons. The summed E-state index contributed by atoms with van der Waals surface area (Å²) in [5.74, 6) is 1.97. The molecule has 2 aromatic heterocycles. The highest BCUT2D eigenvalue weighted by molar-refractivity contribution is 7.99. The SMILES string of the molecule is C=CCn1c(COc2ccc(C)cc2OC)nnc1SCC(=O)Nc1nc(C)cs1. The molecule has 8 nitrogen and oxygen atoms in total. The highest BCUT2D eigenvalue weighted by Crippen LogP contribution is 2.29. The lowest BCUT2D eigenvalue weighted by molar-refractivity contribution is -0.113. The van der Waals surface area contributed by atoms with Gasteiger partial charge in [-0.2, -0.15) is 0 Å². The minimum atomic E-state index is -0.148. The zero-order chi connectivity index (χ0) is 21.5. The fourth-order valence-electron chi connectivity index (χ4n) is 2.58. The number of aryl methyl sites for hydroxylation is 2. The fourth-order valence-corrected chi connectivity index (χ4v) is 4.05. The molecule has 0 atom stereocenters. The Morgan fingerprint density at radius 3 is 2.87 bits per heavy atom. The summed E-state index contributed by atoms with van der Waals surface area (Å²) in [7, 11) is 1.61. The Hall–Kier alpha value is -2.85. The highest BCUT2D eigenvalue weighted by atomic mass is 32.2. The molecule has 3 aromatic rings. The van der Waals surface area contributed by atoms with Crippen molar-refractivity contribution in [2.75, 3.05) is 18.2 Å². The summed E-state index contributed by atoms with van der Waals surface area (Å²) in [4.78, 5) is 16.4. The number of carbonyl (C=O) groups excluding carboxylic acids is 1. The average molecular weight is 446 g/mol. The Morgan fingerprint density at radius 2 is 2.17 bits per heavy atom. The molecule has 0 saturated heterocycles. The lowest BCUT2D eigenvalue weighted by Gasteiger charge is -2.12. The number of hydrogen-bond donors (Lipinski definition) is 1. The van der Waals surface area contributed by atoms with Crippen molar-refractivity contribution >= 4 is 34.1 Å². The van der Waals surface area contributed by atoms with Crippen molar-refractivity contribution in [3.05, 3.63) is 53.3 Å². The standard InChI is InChI=1S/C20H23N5O3S2/c1-5-8-25-17(10-28-15-7-6-13(2)9-16(15)27-4)23-24-20(25)30-12-18(26)22-19-21-14(3)11-29-19/h5-7,9,11H,1,8,10,12H2,2-4H3,(H,21,22,26). The number of amides is 1. The molecule has 2 heterocycles. The van der Waals surface area contributed by atoms with Gasteiger partial charge in [-0.3, -0.25) is 9.36 Å². The summed E-state index contributed by atoms with van der Waals surface area (Å²) in [6.07, 6.45) is 1.75. The summed E-state index contributed by atoms with van der Waals surface area (Å²) < 4.78 is 13.1. The van der Waals surface area contributed by atoms with Crippen LogP contribution in [0.5, 0.6) is 11.5 Å². The van der Waals surface area contributed by atoms with Crippen LogP contribution in [0.2, 0.25) is 0 Å². The number of ether oxygens (including phenoxy) is 2. The van der Waals surface area contributed by atoms with Gasteiger partial charge in [0.15, 0.2) is 27.6 Å². The van der Waals surface area contributed by atoms with E-state index < -0.39 is 0 Å². The zero-order valence-corrected chi connectivity index (χ0v) is 18.7. The fraction of sp³-hybridized carbons (Fsp3) is 0.300. The van der Waals surface area contributed by atoms with Gasteiger partial charge in [-0.15, -0.1) is 28.1 Å². The van der Waals surface area contributed by atoms with E-state index in [9.17, 15) is 4.79 Å². The van der Waals surface area contributed by atoms with Crippen LogP contribution < -0.4 is 14.8 Å². The number of nitrogens with one attached hydrogen (secondary N) is 1. The third kappa shape index (κ3) is 5.61. The van der Waals surface area contributed by atoms with E-state index in [1.54, 1.807) is 13.2 Å². The molecule has 0 unspecified atom stereocenters. The lowest BCUT2D eigenvalue weighted by atomic mass is 10.2. The number of thioether (sulfide) groups is 1. The van der Waals surface area contributed by atoms with Gasteiger partial charge in [-0.05, 0) is 31.5 Å². The van der Waals surface area contributed by atoms with Crippen molar-refractivity contribution in [1.82, 2.24) is 19.7 Å². The van der Waals surface area contributed by atoms with Crippen LogP contribution in [0.25, 0.3) is 0 Å². The molecule has 0 aliphatic carbocycles. The first-order valence-electron chi connectivity index (χ1n) is 9.15. The molecule has 0 radical (unpaired) electrons. The normalized spacial score (nSPS) is 10.6. The summed E-state index contributed by atoms with van der Waals surface area (Å²) >= 11 is 2.70. The molecule has 30 heavy (non-hydrogen) atoms. The predicted molar refractivity (Wildman–Crippen MR) is 118 cm³/mol. The number of hydrogen-bond acceptors (Lipinski definition) is 8. The maximum atomic E-state index is 12.2. The number of anilines is 1. The smallest absolute Gasteiger partial charge is 0.236 e. The topological polar surface area (TPSA) is 91.2 Å². The van der Waals surface area contributed by atoms with Crippen LogP contribution >= 0.6 is 23.1 Å². The van der Waals surface area contributed by atoms with Crippen LogP contribution in [-0.4, -0.2) is 38.5 Å². The van der Waals surface area contributed by atoms with Gasteiger partial charge in [0.1, 0.15) is 6.61 Å². The highest BCUT2D eigenvalue weighted by Gasteiger charge is 2.15. The lowest BCUT2D eigenvalue weighted by Crippen LogP contribution is -2.15. The molecule has 0 aliphatic heterocycles. The number of allylic oxidation sites excluding steroid dienone is 1. The number of methoxy groups -OCH3 is 1. The van der Waals surface area contributed by atoms with Gasteiger partial charge < -0.3 is 14.8 Å². The van der Waals surface area contributed by atoms with Crippen molar-refractivity contribution in [2.24, 2.45) is 0 Å². The zero-order valence-electron chi connectivity index (χ0n) is 17.0. The molecular formula is C20H23N5O3S2. The summed E-state index contributed by atoms with van der Waals surface area (Å²) in [6, 6.07) is 5.73. The Labute approximate surface area is 183 Å². The quantitative estimate of drug-likeness (QED) is 0.374. The van der Waals surface area contributed by atoms with Crippen LogP contribution in [0, 0.1) is 13.8 Å². The van der Waals surface area contributed by atoms with Crippen molar-refractivity contribution < 1.29 is 14.3 Å². The third-order valence-electron chi connectivity index (χ3n) is 3.98. The molecular weight excluding hydrogens is 422 g/mol. The van der Waals surface area contributed by atoms with Crippen molar-refractivity contribution in [2.45, 2.75) is 32.2 Å². The van der Waals surface area contributed by atoms with E-state index in [2.05, 4.69) is 27.1 Å². The summed E-state index contributed by atoms with van der Waals surface area (Å²) in [6.45, 7) is 8.39. The van der Waals surface area contributed by atoms with Gasteiger partial charge in [0.25, 0.3) is 0 Å². The van der Waals surface area contributed by atoms with E-state index in [4.69, 9.17) is 9.47 Å². The summed E-state index contributed by atoms with van der Waals surface area (Å²) in [5, 5.41) is 14.3. The molecule has 0 saturated carbocycles. The third-order valence-corrected chi connectivity index (χ3v) is 5.82. The van der Waals surface area contributed by atoms with E-state index in [0.29, 0.717) is 34.2 Å². The largest absolute Gasteiger partial charge is 0.493 e. The van der Waals surface area contributed by atoms with Crippen LogP contribution in [0.4, 0.5) is 5.13 Å². The van der Waals surface area contributed by atoms with Crippen LogP contribution in [-0.2, 0) is 17.9 Å². The average Bonchev–Trinajstić information content (AvgIpc) is 3.31. The molecule has 0 aliphatic rings. The van der Waals surface area contributed by atoms with Gasteiger partial charge >= 0.3 is 0 Å². The van der Waals surface area contributed by atoms with Crippen molar-refractivity contribution in [3.63, 3.8) is 0 Å². The van der Waals surface area contributed by atoms with Gasteiger partial charge in [0, 0.05) is 11.9 Å². The number of carbonyl (C=O) groups is 1. The van der Waals surface area contributed by atoms with E-state index >= 15 is 0 Å². The van der Waals surface area contributed by atoms with Gasteiger partial charge in [-0.25, -0.2) is 4.98 Å². The first-order valence-corrected chi connectivity index (χ1v) is 11.0. The monoisotopic (exact) mass is 445 g/mol. The first-order chi connectivity index (χ1) is 14.5.